The molecule has 19 heavy (non-hydrogen) atoms. The third kappa shape index (κ3) is 4.21. The van der Waals surface area contributed by atoms with Crippen molar-refractivity contribution in [2.75, 3.05) is 18.9 Å². The lowest BCUT2D eigenvalue weighted by Crippen LogP contribution is -2.29. The Morgan fingerprint density at radius 1 is 1.42 bits per heavy atom. The minimum absolute atomic E-state index is 0.174. The molecule has 0 aliphatic heterocycles. The van der Waals surface area contributed by atoms with Gasteiger partial charge in [0.15, 0.2) is 0 Å². The van der Waals surface area contributed by atoms with Crippen molar-refractivity contribution in [3.63, 3.8) is 0 Å². The van der Waals surface area contributed by atoms with Crippen LogP contribution in [0.25, 0.3) is 0 Å². The number of hydrogen-bond acceptors (Lipinski definition) is 4. The third-order valence-corrected chi connectivity index (χ3v) is 3.39. The number of nitrogens with one attached hydrogen (secondary N) is 1. The summed E-state index contributed by atoms with van der Waals surface area (Å²) < 4.78 is 5.74. The molecule has 1 fully saturated rings. The van der Waals surface area contributed by atoms with Crippen LogP contribution in [0, 0.1) is 0 Å². The van der Waals surface area contributed by atoms with Gasteiger partial charge in [0.1, 0.15) is 0 Å². The Balaban J connectivity index is 1.68. The highest BCUT2D eigenvalue weighted by atomic mass is 16.5. The minimum Gasteiger partial charge on any atom is -0.397 e. The van der Waals surface area contributed by atoms with Crippen LogP contribution in [0.15, 0.2) is 18.5 Å². The Morgan fingerprint density at radius 3 is 2.95 bits per heavy atom. The predicted octanol–water partition coefficient (Wildman–Crippen LogP) is 1.74. The lowest BCUT2D eigenvalue weighted by atomic mass is 9.98. The first-order valence-electron chi connectivity index (χ1n) is 6.86. The van der Waals surface area contributed by atoms with Crippen molar-refractivity contribution in [1.82, 2.24) is 10.3 Å². The van der Waals surface area contributed by atoms with Crippen molar-refractivity contribution in [2.24, 2.45) is 0 Å². The summed E-state index contributed by atoms with van der Waals surface area (Å²) >= 11 is 0. The second-order valence-electron chi connectivity index (χ2n) is 4.85. The van der Waals surface area contributed by atoms with E-state index in [2.05, 4.69) is 10.3 Å². The Bertz CT molecular complexity index is 417. The van der Waals surface area contributed by atoms with E-state index in [1.54, 1.807) is 12.3 Å². The van der Waals surface area contributed by atoms with E-state index < -0.39 is 0 Å². The van der Waals surface area contributed by atoms with Gasteiger partial charge in [0.25, 0.3) is 5.91 Å². The van der Waals surface area contributed by atoms with E-state index in [0.717, 1.165) is 12.8 Å². The lowest BCUT2D eigenvalue weighted by Gasteiger charge is -2.22. The van der Waals surface area contributed by atoms with Crippen molar-refractivity contribution in [3.8, 4) is 0 Å². The molecule has 1 heterocycles. The molecule has 2 rings (SSSR count). The average molecular weight is 263 g/mol. The van der Waals surface area contributed by atoms with Gasteiger partial charge in [-0.05, 0) is 18.9 Å². The SMILES string of the molecule is Nc1cnccc1C(=O)NCCOC1CCCCC1. The number of rotatable bonds is 5. The number of nitrogen functional groups attached to an aromatic ring is 1. The molecule has 1 amide bonds. The molecule has 5 heteroatoms. The van der Waals surface area contributed by atoms with Crippen LogP contribution < -0.4 is 11.1 Å². The third-order valence-electron chi connectivity index (χ3n) is 3.39. The van der Waals surface area contributed by atoms with Gasteiger partial charge in [-0.25, -0.2) is 0 Å². The molecule has 0 unspecified atom stereocenters. The summed E-state index contributed by atoms with van der Waals surface area (Å²) in [6.45, 7) is 1.07. The molecule has 1 aromatic rings. The number of anilines is 1. The van der Waals surface area contributed by atoms with Gasteiger partial charge in [-0.15, -0.1) is 0 Å². The molecule has 0 atom stereocenters. The first-order chi connectivity index (χ1) is 9.27. The summed E-state index contributed by atoms with van der Waals surface area (Å²) in [6.07, 6.45) is 9.53. The van der Waals surface area contributed by atoms with Crippen molar-refractivity contribution >= 4 is 11.6 Å². The summed E-state index contributed by atoms with van der Waals surface area (Å²) in [7, 11) is 0. The number of carbonyl (C=O) groups is 1. The van der Waals surface area contributed by atoms with Crippen molar-refractivity contribution < 1.29 is 9.53 Å². The molecule has 0 saturated heterocycles. The van der Waals surface area contributed by atoms with Crippen LogP contribution in [-0.4, -0.2) is 30.1 Å². The lowest BCUT2D eigenvalue weighted by molar-refractivity contribution is 0.0299. The van der Waals surface area contributed by atoms with Gasteiger partial charge >= 0.3 is 0 Å². The summed E-state index contributed by atoms with van der Waals surface area (Å²) in [5.41, 5.74) is 6.55. The smallest absolute Gasteiger partial charge is 0.253 e. The van der Waals surface area contributed by atoms with Gasteiger partial charge in [0.05, 0.1) is 30.2 Å². The number of amides is 1. The predicted molar refractivity (Wildman–Crippen MR) is 73.8 cm³/mol. The van der Waals surface area contributed by atoms with Gasteiger partial charge in [0, 0.05) is 12.7 Å². The van der Waals surface area contributed by atoms with E-state index in [0.29, 0.717) is 30.5 Å². The maximum Gasteiger partial charge on any atom is 0.253 e. The molecule has 1 aliphatic rings. The zero-order valence-electron chi connectivity index (χ0n) is 11.1. The normalized spacial score (nSPS) is 16.2. The molecule has 1 saturated carbocycles. The van der Waals surface area contributed by atoms with Crippen LogP contribution in [0.2, 0.25) is 0 Å². The number of pyridine rings is 1. The molecule has 5 nitrogen and oxygen atoms in total. The number of ether oxygens (including phenoxy) is 1. The molecule has 1 aromatic heterocycles. The summed E-state index contributed by atoms with van der Waals surface area (Å²) in [6, 6.07) is 1.62. The molecule has 0 aromatic carbocycles. The van der Waals surface area contributed by atoms with E-state index in [1.807, 2.05) is 0 Å². The van der Waals surface area contributed by atoms with Gasteiger partial charge in [-0.1, -0.05) is 19.3 Å². The Morgan fingerprint density at radius 2 is 2.21 bits per heavy atom. The first kappa shape index (κ1) is 13.8. The fourth-order valence-corrected chi connectivity index (χ4v) is 2.33. The fraction of sp³-hybridized carbons (Fsp3) is 0.571. The maximum absolute atomic E-state index is 11.8. The number of hydrogen-bond donors (Lipinski definition) is 2. The Hall–Kier alpha value is -1.62. The number of aromatic nitrogens is 1. The second-order valence-corrected chi connectivity index (χ2v) is 4.85. The molecule has 104 valence electrons. The number of carbonyl (C=O) groups excluding carboxylic acids is 1. The monoisotopic (exact) mass is 263 g/mol. The first-order valence-corrected chi connectivity index (χ1v) is 6.86. The van der Waals surface area contributed by atoms with Gasteiger partial charge in [-0.3, -0.25) is 9.78 Å². The largest absolute Gasteiger partial charge is 0.397 e. The maximum atomic E-state index is 11.8. The molecule has 1 aliphatic carbocycles. The van der Waals surface area contributed by atoms with Crippen molar-refractivity contribution in [1.29, 1.82) is 0 Å². The van der Waals surface area contributed by atoms with Crippen molar-refractivity contribution in [3.05, 3.63) is 24.0 Å². The zero-order valence-corrected chi connectivity index (χ0v) is 11.1. The average Bonchev–Trinajstić information content (AvgIpc) is 2.45. The summed E-state index contributed by atoms with van der Waals surface area (Å²) in [5, 5.41) is 2.81. The summed E-state index contributed by atoms with van der Waals surface area (Å²) in [4.78, 5) is 15.7. The standard InChI is InChI=1S/C14H21N3O2/c15-13-10-16-7-6-12(13)14(18)17-8-9-19-11-4-2-1-3-5-11/h6-7,10-11H,1-5,8-9,15H2,(H,17,18). The van der Waals surface area contributed by atoms with E-state index >= 15 is 0 Å². The fourth-order valence-electron chi connectivity index (χ4n) is 2.33. The Labute approximate surface area is 113 Å². The van der Waals surface area contributed by atoms with Crippen LogP contribution in [0.5, 0.6) is 0 Å². The van der Waals surface area contributed by atoms with Gasteiger partial charge in [-0.2, -0.15) is 0 Å². The highest BCUT2D eigenvalue weighted by Crippen LogP contribution is 2.19. The topological polar surface area (TPSA) is 77.2 Å². The molecule has 0 bridgehead atoms. The van der Waals surface area contributed by atoms with E-state index in [4.69, 9.17) is 10.5 Å². The zero-order chi connectivity index (χ0) is 13.5. The quantitative estimate of drug-likeness (QED) is 0.793. The minimum atomic E-state index is -0.174. The van der Waals surface area contributed by atoms with Crippen LogP contribution >= 0.6 is 0 Å². The van der Waals surface area contributed by atoms with Crippen LogP contribution in [0.4, 0.5) is 5.69 Å². The highest BCUT2D eigenvalue weighted by Gasteiger charge is 2.13. The van der Waals surface area contributed by atoms with Crippen molar-refractivity contribution in [2.45, 2.75) is 38.2 Å². The summed E-state index contributed by atoms with van der Waals surface area (Å²) in [5.74, 6) is -0.174. The number of nitrogens with two attached hydrogens (primary N) is 1. The second kappa shape index (κ2) is 7.09. The van der Waals surface area contributed by atoms with E-state index in [9.17, 15) is 4.79 Å². The van der Waals surface area contributed by atoms with Gasteiger partial charge in [0.2, 0.25) is 0 Å². The van der Waals surface area contributed by atoms with Crippen LogP contribution in [-0.2, 0) is 4.74 Å². The van der Waals surface area contributed by atoms with Crippen LogP contribution in [0.1, 0.15) is 42.5 Å². The van der Waals surface area contributed by atoms with Gasteiger partial charge < -0.3 is 15.8 Å². The van der Waals surface area contributed by atoms with E-state index in [1.165, 1.54) is 25.5 Å². The number of nitrogens with zero attached hydrogens (tertiary/aromatic N) is 1. The molecule has 0 radical (unpaired) electrons. The molecular formula is C14H21N3O2. The van der Waals surface area contributed by atoms with E-state index in [-0.39, 0.29) is 5.91 Å². The highest BCUT2D eigenvalue weighted by molar-refractivity contribution is 5.98. The molecule has 3 N–H and O–H groups in total. The molecule has 0 spiro atoms. The van der Waals surface area contributed by atoms with Crippen LogP contribution in [0.3, 0.4) is 0 Å². The molecular weight excluding hydrogens is 242 g/mol. The Kier molecular flexibility index (Phi) is 5.15.